The fourth-order valence-corrected chi connectivity index (χ4v) is 3.34. The minimum absolute atomic E-state index is 0.173. The van der Waals surface area contributed by atoms with Crippen molar-refractivity contribution in [1.29, 1.82) is 0 Å². The SMILES string of the molecule is Cc1cccc(NC(=O)CC(=O)NC2CCCN(C(=O)c3ccco3)C2)c1C. The predicted octanol–water partition coefficient (Wildman–Crippen LogP) is 2.65. The number of nitrogens with one attached hydrogen (secondary N) is 2. The smallest absolute Gasteiger partial charge is 0.289 e. The van der Waals surface area contributed by atoms with E-state index in [-0.39, 0.29) is 30.2 Å². The van der Waals surface area contributed by atoms with Crippen molar-refractivity contribution in [2.75, 3.05) is 18.4 Å². The van der Waals surface area contributed by atoms with E-state index in [2.05, 4.69) is 10.6 Å². The van der Waals surface area contributed by atoms with Crippen LogP contribution in [-0.2, 0) is 9.59 Å². The highest BCUT2D eigenvalue weighted by atomic mass is 16.3. The Kier molecular flexibility index (Phi) is 6.13. The van der Waals surface area contributed by atoms with Crippen molar-refractivity contribution in [2.24, 2.45) is 0 Å². The van der Waals surface area contributed by atoms with Crippen LogP contribution < -0.4 is 10.6 Å². The highest BCUT2D eigenvalue weighted by molar-refractivity contribution is 6.04. The molecule has 1 aliphatic rings. The van der Waals surface area contributed by atoms with Gasteiger partial charge in [0.2, 0.25) is 11.8 Å². The molecule has 3 amide bonds. The molecular weight excluding hydrogens is 358 g/mol. The van der Waals surface area contributed by atoms with Gasteiger partial charge in [-0.3, -0.25) is 14.4 Å². The summed E-state index contributed by atoms with van der Waals surface area (Å²) in [6.07, 6.45) is 2.76. The van der Waals surface area contributed by atoms with Crippen molar-refractivity contribution >= 4 is 23.4 Å². The van der Waals surface area contributed by atoms with Gasteiger partial charge in [0, 0.05) is 24.8 Å². The van der Waals surface area contributed by atoms with E-state index in [4.69, 9.17) is 4.42 Å². The first-order chi connectivity index (χ1) is 13.4. The van der Waals surface area contributed by atoms with Crippen LogP contribution in [0.3, 0.4) is 0 Å². The van der Waals surface area contributed by atoms with Crippen LogP contribution in [0.4, 0.5) is 5.69 Å². The largest absolute Gasteiger partial charge is 0.459 e. The van der Waals surface area contributed by atoms with Gasteiger partial charge in [0.15, 0.2) is 5.76 Å². The van der Waals surface area contributed by atoms with Crippen LogP contribution in [0.15, 0.2) is 41.0 Å². The number of benzene rings is 1. The summed E-state index contributed by atoms with van der Waals surface area (Å²) < 4.78 is 5.16. The lowest BCUT2D eigenvalue weighted by molar-refractivity contribution is -0.127. The lowest BCUT2D eigenvalue weighted by atomic mass is 10.0. The molecule has 28 heavy (non-hydrogen) atoms. The molecule has 2 aromatic rings. The number of carbonyl (C=O) groups is 3. The number of hydrogen-bond donors (Lipinski definition) is 2. The fraction of sp³-hybridized carbons (Fsp3) is 0.381. The van der Waals surface area contributed by atoms with Gasteiger partial charge >= 0.3 is 0 Å². The summed E-state index contributed by atoms with van der Waals surface area (Å²) in [5.74, 6) is -0.595. The highest BCUT2D eigenvalue weighted by Gasteiger charge is 2.27. The molecule has 0 aliphatic carbocycles. The van der Waals surface area contributed by atoms with E-state index in [1.165, 1.54) is 6.26 Å². The topological polar surface area (TPSA) is 91.7 Å². The third-order valence-corrected chi connectivity index (χ3v) is 5.01. The minimum Gasteiger partial charge on any atom is -0.459 e. The first-order valence-electron chi connectivity index (χ1n) is 9.42. The second-order valence-corrected chi connectivity index (χ2v) is 7.11. The average Bonchev–Trinajstić information content (AvgIpc) is 3.19. The van der Waals surface area contributed by atoms with Crippen molar-refractivity contribution in [3.8, 4) is 0 Å². The monoisotopic (exact) mass is 383 g/mol. The number of amides is 3. The Balaban J connectivity index is 1.50. The Bertz CT molecular complexity index is 861. The molecule has 1 fully saturated rings. The zero-order valence-electron chi connectivity index (χ0n) is 16.2. The molecule has 3 rings (SSSR count). The first kappa shape index (κ1) is 19.7. The Morgan fingerprint density at radius 2 is 1.96 bits per heavy atom. The molecular formula is C21H25N3O4. The van der Waals surface area contributed by atoms with Gasteiger partial charge in [0.05, 0.1) is 6.26 Å². The third-order valence-electron chi connectivity index (χ3n) is 5.01. The lowest BCUT2D eigenvalue weighted by Crippen LogP contribution is -2.50. The van der Waals surface area contributed by atoms with Crippen LogP contribution in [0, 0.1) is 13.8 Å². The molecule has 1 aliphatic heterocycles. The van der Waals surface area contributed by atoms with Crippen LogP contribution in [0.2, 0.25) is 0 Å². The number of carbonyl (C=O) groups excluding carboxylic acids is 3. The summed E-state index contributed by atoms with van der Waals surface area (Å²) in [6.45, 7) is 4.93. The van der Waals surface area contributed by atoms with E-state index in [1.54, 1.807) is 17.0 Å². The standard InChI is InChI=1S/C21H25N3O4/c1-14-6-3-8-17(15(14)2)23-20(26)12-19(25)22-16-7-4-10-24(13-16)21(27)18-9-5-11-28-18/h3,5-6,8-9,11,16H,4,7,10,12-13H2,1-2H3,(H,22,25)(H,23,26). The summed E-state index contributed by atoms with van der Waals surface area (Å²) in [6, 6.07) is 8.78. The molecule has 7 heteroatoms. The van der Waals surface area contributed by atoms with Gasteiger partial charge < -0.3 is 20.0 Å². The quantitative estimate of drug-likeness (QED) is 0.777. The molecule has 0 saturated carbocycles. The van der Waals surface area contributed by atoms with Crippen LogP contribution in [0.5, 0.6) is 0 Å². The van der Waals surface area contributed by atoms with Crippen molar-refractivity contribution in [2.45, 2.75) is 39.2 Å². The second-order valence-electron chi connectivity index (χ2n) is 7.11. The molecule has 2 heterocycles. The molecule has 2 N–H and O–H groups in total. The van der Waals surface area contributed by atoms with Crippen LogP contribution in [0.25, 0.3) is 0 Å². The van der Waals surface area contributed by atoms with Gasteiger partial charge in [-0.05, 0) is 56.0 Å². The third kappa shape index (κ3) is 4.79. The van der Waals surface area contributed by atoms with E-state index in [0.29, 0.717) is 24.5 Å². The molecule has 148 valence electrons. The predicted molar refractivity (Wildman–Crippen MR) is 105 cm³/mol. The summed E-state index contributed by atoms with van der Waals surface area (Å²) in [4.78, 5) is 38.5. The normalized spacial score (nSPS) is 16.5. The van der Waals surface area contributed by atoms with E-state index in [9.17, 15) is 14.4 Å². The fourth-order valence-electron chi connectivity index (χ4n) is 3.34. The van der Waals surface area contributed by atoms with Gasteiger partial charge in [-0.15, -0.1) is 0 Å². The van der Waals surface area contributed by atoms with Gasteiger partial charge in [-0.25, -0.2) is 0 Å². The molecule has 1 saturated heterocycles. The maximum absolute atomic E-state index is 12.4. The van der Waals surface area contributed by atoms with Crippen LogP contribution in [0.1, 0.15) is 40.9 Å². The van der Waals surface area contributed by atoms with Crippen LogP contribution >= 0.6 is 0 Å². The lowest BCUT2D eigenvalue weighted by Gasteiger charge is -2.32. The number of anilines is 1. The Morgan fingerprint density at radius 1 is 1.14 bits per heavy atom. The molecule has 1 aromatic carbocycles. The number of furan rings is 1. The Labute approximate surface area is 164 Å². The van der Waals surface area contributed by atoms with Crippen molar-refractivity contribution in [3.05, 3.63) is 53.5 Å². The second kappa shape index (κ2) is 8.73. The Morgan fingerprint density at radius 3 is 2.71 bits per heavy atom. The number of hydrogen-bond acceptors (Lipinski definition) is 4. The van der Waals surface area contributed by atoms with E-state index in [0.717, 1.165) is 24.0 Å². The number of rotatable bonds is 5. The summed E-state index contributed by atoms with van der Waals surface area (Å²) in [7, 11) is 0. The van der Waals surface area contributed by atoms with Crippen molar-refractivity contribution in [1.82, 2.24) is 10.2 Å². The van der Waals surface area contributed by atoms with Crippen molar-refractivity contribution < 1.29 is 18.8 Å². The molecule has 0 spiro atoms. The van der Waals surface area contributed by atoms with Gasteiger partial charge in [-0.2, -0.15) is 0 Å². The van der Waals surface area contributed by atoms with Gasteiger partial charge in [0.1, 0.15) is 6.42 Å². The minimum atomic E-state index is -0.356. The van der Waals surface area contributed by atoms with E-state index >= 15 is 0 Å². The van der Waals surface area contributed by atoms with E-state index < -0.39 is 0 Å². The molecule has 1 atom stereocenters. The maximum Gasteiger partial charge on any atom is 0.289 e. The van der Waals surface area contributed by atoms with Crippen LogP contribution in [-0.4, -0.2) is 41.8 Å². The summed E-state index contributed by atoms with van der Waals surface area (Å²) in [5.41, 5.74) is 2.77. The van der Waals surface area contributed by atoms with Gasteiger partial charge in [-0.1, -0.05) is 12.1 Å². The zero-order valence-corrected chi connectivity index (χ0v) is 16.2. The molecule has 1 aromatic heterocycles. The van der Waals surface area contributed by atoms with E-state index in [1.807, 2.05) is 32.0 Å². The summed E-state index contributed by atoms with van der Waals surface area (Å²) in [5, 5.41) is 5.66. The average molecular weight is 383 g/mol. The number of piperidine rings is 1. The Hall–Kier alpha value is -3.09. The first-order valence-corrected chi connectivity index (χ1v) is 9.42. The summed E-state index contributed by atoms with van der Waals surface area (Å²) >= 11 is 0. The molecule has 0 bridgehead atoms. The molecule has 7 nitrogen and oxygen atoms in total. The number of likely N-dealkylation sites (tertiary alicyclic amines) is 1. The number of aryl methyl sites for hydroxylation is 1. The highest BCUT2D eigenvalue weighted by Crippen LogP contribution is 2.18. The van der Waals surface area contributed by atoms with Gasteiger partial charge in [0.25, 0.3) is 5.91 Å². The number of nitrogens with zero attached hydrogens (tertiary/aromatic N) is 1. The molecule has 1 unspecified atom stereocenters. The molecule has 0 radical (unpaired) electrons. The van der Waals surface area contributed by atoms with Crippen molar-refractivity contribution in [3.63, 3.8) is 0 Å². The zero-order chi connectivity index (χ0) is 20.1. The maximum atomic E-state index is 12.4.